The third kappa shape index (κ3) is 10.4. The van der Waals surface area contributed by atoms with Crippen LogP contribution in [0, 0.1) is 0 Å². The monoisotopic (exact) mass is 262 g/mol. The minimum Gasteiger partial charge on any atom is -0.520 e. The summed E-state index contributed by atoms with van der Waals surface area (Å²) < 4.78 is 21.6. The molecule has 0 spiro atoms. The number of rotatable bonds is 9. The van der Waals surface area contributed by atoms with Gasteiger partial charge in [-0.05, 0) is 33.5 Å². The highest BCUT2D eigenvalue weighted by molar-refractivity contribution is 6.70. The van der Waals surface area contributed by atoms with Crippen LogP contribution in [0.4, 0.5) is 0 Å². The van der Waals surface area contributed by atoms with Gasteiger partial charge in [0.15, 0.2) is 0 Å². The van der Waals surface area contributed by atoms with E-state index in [-0.39, 0.29) is 0 Å². The number of allylic oxidation sites excluding steroid dienone is 1. The zero-order valence-corrected chi connectivity index (χ0v) is 13.0. The van der Waals surface area contributed by atoms with Crippen molar-refractivity contribution >= 4 is 8.32 Å². The second kappa shape index (κ2) is 8.55. The Bertz CT molecular complexity index is 229. The lowest BCUT2D eigenvalue weighted by molar-refractivity contribution is 0.0195. The molecule has 0 aromatic carbocycles. The molecule has 0 aromatic rings. The molecule has 102 valence electrons. The lowest BCUT2D eigenvalue weighted by Crippen LogP contribution is -2.26. The molecule has 0 N–H and O–H groups in total. The molecule has 0 radical (unpaired) electrons. The van der Waals surface area contributed by atoms with Crippen molar-refractivity contribution in [2.45, 2.75) is 33.5 Å². The summed E-state index contributed by atoms with van der Waals surface area (Å²) in [4.78, 5) is 0. The minimum atomic E-state index is -1.61. The largest absolute Gasteiger partial charge is 0.520 e. The van der Waals surface area contributed by atoms with Crippen LogP contribution in [0.1, 0.15) is 13.8 Å². The third-order valence-electron chi connectivity index (χ3n) is 1.70. The Morgan fingerprint density at radius 1 is 0.941 bits per heavy atom. The minimum absolute atomic E-state index is 0.509. The Morgan fingerprint density at radius 2 is 1.53 bits per heavy atom. The van der Waals surface area contributed by atoms with Crippen LogP contribution in [0.15, 0.2) is 11.5 Å². The van der Waals surface area contributed by atoms with Crippen LogP contribution in [-0.2, 0) is 18.6 Å². The normalized spacial score (nSPS) is 11.2. The van der Waals surface area contributed by atoms with Gasteiger partial charge in [0.25, 0.3) is 5.95 Å². The molecule has 0 heterocycles. The van der Waals surface area contributed by atoms with E-state index >= 15 is 0 Å². The smallest absolute Gasteiger partial charge is 0.263 e. The van der Waals surface area contributed by atoms with Crippen LogP contribution in [0.3, 0.4) is 0 Å². The first-order valence-corrected chi connectivity index (χ1v) is 9.33. The molecular weight excluding hydrogens is 236 g/mol. The molecule has 0 aliphatic rings. The van der Waals surface area contributed by atoms with Gasteiger partial charge in [-0.3, -0.25) is 0 Å². The van der Waals surface area contributed by atoms with E-state index in [0.29, 0.717) is 32.4 Å². The molecule has 5 heteroatoms. The fourth-order valence-corrected chi connectivity index (χ4v) is 1.81. The number of methoxy groups -OCH3 is 1. The SMILES string of the molecule is COCCOCCOC(O[Si](C)(C)C)=C(C)C. The van der Waals surface area contributed by atoms with Crippen LogP contribution >= 0.6 is 0 Å². The molecule has 0 fully saturated rings. The fourth-order valence-electron chi connectivity index (χ4n) is 0.992. The number of hydrogen-bond acceptors (Lipinski definition) is 4. The first kappa shape index (κ1) is 16.5. The second-order valence-corrected chi connectivity index (χ2v) is 9.38. The summed E-state index contributed by atoms with van der Waals surface area (Å²) in [5.41, 5.74) is 1.06. The molecule has 0 amide bonds. The lowest BCUT2D eigenvalue weighted by Gasteiger charge is -2.22. The summed E-state index contributed by atoms with van der Waals surface area (Å²) in [7, 11) is 0.0478. The van der Waals surface area contributed by atoms with Gasteiger partial charge in [-0.25, -0.2) is 0 Å². The molecule has 0 atom stereocenters. The maximum Gasteiger partial charge on any atom is 0.263 e. The van der Waals surface area contributed by atoms with E-state index in [0.717, 1.165) is 5.57 Å². The molecule has 0 aliphatic heterocycles. The Hall–Kier alpha value is -0.523. The number of ether oxygens (including phenoxy) is 3. The van der Waals surface area contributed by atoms with E-state index in [4.69, 9.17) is 18.6 Å². The molecule has 4 nitrogen and oxygen atoms in total. The van der Waals surface area contributed by atoms with E-state index in [1.54, 1.807) is 7.11 Å². The molecule has 0 aliphatic carbocycles. The Kier molecular flexibility index (Phi) is 8.29. The molecule has 17 heavy (non-hydrogen) atoms. The van der Waals surface area contributed by atoms with Gasteiger partial charge in [0.2, 0.25) is 8.32 Å². The van der Waals surface area contributed by atoms with Crippen molar-refractivity contribution in [3.05, 3.63) is 11.5 Å². The van der Waals surface area contributed by atoms with Crippen molar-refractivity contribution in [3.8, 4) is 0 Å². The lowest BCUT2D eigenvalue weighted by atomic mass is 10.4. The van der Waals surface area contributed by atoms with Gasteiger partial charge in [0, 0.05) is 12.7 Å². The molecule has 0 rings (SSSR count). The average molecular weight is 262 g/mol. The summed E-state index contributed by atoms with van der Waals surface area (Å²) in [6.07, 6.45) is 0. The van der Waals surface area contributed by atoms with Crippen molar-refractivity contribution in [1.82, 2.24) is 0 Å². The van der Waals surface area contributed by atoms with Crippen LogP contribution in [0.5, 0.6) is 0 Å². The molecular formula is C12H26O4Si. The van der Waals surface area contributed by atoms with E-state index < -0.39 is 8.32 Å². The zero-order chi connectivity index (χ0) is 13.3. The Balaban J connectivity index is 3.85. The topological polar surface area (TPSA) is 36.9 Å². The predicted octanol–water partition coefficient (Wildman–Crippen LogP) is 2.77. The standard InChI is InChI=1S/C12H26O4Si/c1-11(2)12(16-17(4,5)6)15-10-9-14-8-7-13-3/h7-10H2,1-6H3. The first-order chi connectivity index (χ1) is 7.87. The number of hydrogen-bond donors (Lipinski definition) is 0. The second-order valence-electron chi connectivity index (χ2n) is 4.96. The summed E-state index contributed by atoms with van der Waals surface area (Å²) in [5, 5.41) is 0. The third-order valence-corrected chi connectivity index (χ3v) is 2.50. The van der Waals surface area contributed by atoms with Gasteiger partial charge in [-0.2, -0.15) is 0 Å². The first-order valence-electron chi connectivity index (χ1n) is 5.93. The average Bonchev–Trinajstić information content (AvgIpc) is 2.19. The van der Waals surface area contributed by atoms with Crippen LogP contribution in [0.25, 0.3) is 0 Å². The van der Waals surface area contributed by atoms with Gasteiger partial charge in [0.05, 0.1) is 19.8 Å². The van der Waals surface area contributed by atoms with E-state index in [1.165, 1.54) is 0 Å². The van der Waals surface area contributed by atoms with Crippen molar-refractivity contribution in [3.63, 3.8) is 0 Å². The zero-order valence-electron chi connectivity index (χ0n) is 12.0. The van der Waals surface area contributed by atoms with E-state index in [9.17, 15) is 0 Å². The van der Waals surface area contributed by atoms with Crippen molar-refractivity contribution in [1.29, 1.82) is 0 Å². The molecule has 0 bridgehead atoms. The van der Waals surface area contributed by atoms with Gasteiger partial charge >= 0.3 is 0 Å². The quantitative estimate of drug-likeness (QED) is 0.364. The molecule has 0 aromatic heterocycles. The van der Waals surface area contributed by atoms with E-state index in [1.807, 2.05) is 13.8 Å². The highest BCUT2D eigenvalue weighted by atomic mass is 28.4. The Labute approximate surface area is 106 Å². The van der Waals surface area contributed by atoms with Gasteiger partial charge in [-0.1, -0.05) is 0 Å². The molecule has 0 saturated carbocycles. The molecule has 0 saturated heterocycles. The summed E-state index contributed by atoms with van der Waals surface area (Å²) >= 11 is 0. The molecule has 0 unspecified atom stereocenters. The highest BCUT2D eigenvalue weighted by Crippen LogP contribution is 2.15. The van der Waals surface area contributed by atoms with E-state index in [2.05, 4.69) is 19.6 Å². The summed E-state index contributed by atoms with van der Waals surface area (Å²) in [6, 6.07) is 0. The van der Waals surface area contributed by atoms with Crippen LogP contribution < -0.4 is 0 Å². The summed E-state index contributed by atoms with van der Waals surface area (Å²) in [5.74, 6) is 0.652. The highest BCUT2D eigenvalue weighted by Gasteiger charge is 2.19. The van der Waals surface area contributed by atoms with Gasteiger partial charge in [-0.15, -0.1) is 0 Å². The van der Waals surface area contributed by atoms with Crippen molar-refractivity contribution in [2.24, 2.45) is 0 Å². The van der Waals surface area contributed by atoms with Gasteiger partial charge < -0.3 is 18.6 Å². The van der Waals surface area contributed by atoms with Gasteiger partial charge in [0.1, 0.15) is 6.61 Å². The fraction of sp³-hybridized carbons (Fsp3) is 0.833. The van der Waals surface area contributed by atoms with Crippen LogP contribution in [-0.4, -0.2) is 41.9 Å². The summed E-state index contributed by atoms with van der Waals surface area (Å²) in [6.45, 7) is 12.6. The maximum atomic E-state index is 5.84. The van der Waals surface area contributed by atoms with Crippen molar-refractivity contribution in [2.75, 3.05) is 33.5 Å². The van der Waals surface area contributed by atoms with Crippen molar-refractivity contribution < 1.29 is 18.6 Å². The predicted molar refractivity (Wildman–Crippen MR) is 71.5 cm³/mol. The Morgan fingerprint density at radius 3 is 2.00 bits per heavy atom. The maximum absolute atomic E-state index is 5.84. The van der Waals surface area contributed by atoms with Crippen LogP contribution in [0.2, 0.25) is 19.6 Å².